The van der Waals surface area contributed by atoms with Gasteiger partial charge in [-0.15, -0.1) is 0 Å². The highest BCUT2D eigenvalue weighted by Crippen LogP contribution is 2.23. The summed E-state index contributed by atoms with van der Waals surface area (Å²) in [5.74, 6) is -0.964. The van der Waals surface area contributed by atoms with Crippen LogP contribution in [0.1, 0.15) is 36.5 Å². The summed E-state index contributed by atoms with van der Waals surface area (Å²) in [6, 6.07) is 6.64. The van der Waals surface area contributed by atoms with E-state index < -0.39 is 18.0 Å². The van der Waals surface area contributed by atoms with Crippen molar-refractivity contribution < 1.29 is 23.9 Å². The van der Waals surface area contributed by atoms with Gasteiger partial charge in [0.25, 0.3) is 0 Å². The van der Waals surface area contributed by atoms with Gasteiger partial charge >= 0.3 is 11.9 Å². The van der Waals surface area contributed by atoms with Crippen LogP contribution in [-0.4, -0.2) is 36.6 Å². The highest BCUT2D eigenvalue weighted by atomic mass is 16.6. The Bertz CT molecular complexity index is 609. The smallest absolute Gasteiger partial charge is 0.347 e. The Morgan fingerprint density at radius 2 is 2.00 bits per heavy atom. The van der Waals surface area contributed by atoms with Crippen LogP contribution in [0.4, 0.5) is 5.69 Å². The number of hydrogen-bond acceptors (Lipinski definition) is 5. The van der Waals surface area contributed by atoms with Crippen LogP contribution in [-0.2, 0) is 19.1 Å². The Kier molecular flexibility index (Phi) is 3.83. The normalized spacial score (nSPS) is 24.5. The lowest BCUT2D eigenvalue weighted by Gasteiger charge is -2.16. The Labute approximate surface area is 128 Å². The SMILES string of the molecule is C[C@@H]1C[C@@H](OC(=O)c2ccc(N3CCCC3=O)cc2)C(=O)O1. The van der Waals surface area contributed by atoms with Crippen molar-refractivity contribution >= 4 is 23.5 Å². The lowest BCUT2D eigenvalue weighted by molar-refractivity contribution is -0.147. The number of esters is 2. The minimum absolute atomic E-state index is 0.0954. The summed E-state index contributed by atoms with van der Waals surface area (Å²) in [6.45, 7) is 2.46. The molecular weight excluding hydrogens is 286 g/mol. The molecule has 116 valence electrons. The second-order valence-electron chi connectivity index (χ2n) is 5.57. The topological polar surface area (TPSA) is 72.9 Å². The molecule has 0 aromatic heterocycles. The van der Waals surface area contributed by atoms with E-state index in [0.29, 0.717) is 24.9 Å². The van der Waals surface area contributed by atoms with Crippen molar-refractivity contribution in [2.24, 2.45) is 0 Å². The second kappa shape index (κ2) is 5.79. The molecule has 1 aromatic carbocycles. The number of anilines is 1. The average molecular weight is 303 g/mol. The van der Waals surface area contributed by atoms with Crippen molar-refractivity contribution in [1.29, 1.82) is 0 Å². The molecule has 0 saturated carbocycles. The first-order chi connectivity index (χ1) is 10.5. The molecule has 2 heterocycles. The maximum absolute atomic E-state index is 12.0. The first-order valence-corrected chi connectivity index (χ1v) is 7.36. The van der Waals surface area contributed by atoms with Gasteiger partial charge < -0.3 is 14.4 Å². The number of nitrogens with zero attached hydrogens (tertiary/aromatic N) is 1. The van der Waals surface area contributed by atoms with Gasteiger partial charge in [0.05, 0.1) is 5.56 Å². The van der Waals surface area contributed by atoms with E-state index >= 15 is 0 Å². The number of ether oxygens (including phenoxy) is 2. The Balaban J connectivity index is 1.66. The number of amides is 1. The Hall–Kier alpha value is -2.37. The van der Waals surface area contributed by atoms with Crippen molar-refractivity contribution in [1.82, 2.24) is 0 Å². The first kappa shape index (κ1) is 14.6. The molecule has 0 unspecified atom stereocenters. The van der Waals surface area contributed by atoms with Crippen molar-refractivity contribution in [3.63, 3.8) is 0 Å². The molecule has 1 amide bonds. The number of carbonyl (C=O) groups excluding carboxylic acids is 3. The summed E-state index contributed by atoms with van der Waals surface area (Å²) in [4.78, 5) is 36.9. The fourth-order valence-corrected chi connectivity index (χ4v) is 2.71. The molecular formula is C16H17NO5. The van der Waals surface area contributed by atoms with Crippen molar-refractivity contribution in [2.45, 2.75) is 38.4 Å². The van der Waals surface area contributed by atoms with Crippen LogP contribution in [0.3, 0.4) is 0 Å². The lowest BCUT2D eigenvalue weighted by atomic mass is 10.2. The van der Waals surface area contributed by atoms with E-state index in [1.807, 2.05) is 0 Å². The van der Waals surface area contributed by atoms with Crippen molar-refractivity contribution in [2.75, 3.05) is 11.4 Å². The first-order valence-electron chi connectivity index (χ1n) is 7.36. The van der Waals surface area contributed by atoms with Crippen LogP contribution in [0.25, 0.3) is 0 Å². The minimum Gasteiger partial charge on any atom is -0.460 e. The predicted molar refractivity (Wildman–Crippen MR) is 77.4 cm³/mol. The van der Waals surface area contributed by atoms with Gasteiger partial charge in [0, 0.05) is 25.1 Å². The molecule has 2 atom stereocenters. The summed E-state index contributed by atoms with van der Waals surface area (Å²) in [7, 11) is 0. The summed E-state index contributed by atoms with van der Waals surface area (Å²) in [5.41, 5.74) is 1.12. The molecule has 0 bridgehead atoms. The van der Waals surface area contributed by atoms with Gasteiger partial charge in [0.2, 0.25) is 12.0 Å². The highest BCUT2D eigenvalue weighted by Gasteiger charge is 2.35. The minimum atomic E-state index is -0.831. The van der Waals surface area contributed by atoms with Gasteiger partial charge in [-0.25, -0.2) is 9.59 Å². The molecule has 1 aromatic rings. The van der Waals surface area contributed by atoms with E-state index in [2.05, 4.69) is 0 Å². The van der Waals surface area contributed by atoms with E-state index in [1.165, 1.54) is 0 Å². The van der Waals surface area contributed by atoms with Crippen LogP contribution in [0.15, 0.2) is 24.3 Å². The zero-order valence-electron chi connectivity index (χ0n) is 12.3. The maximum Gasteiger partial charge on any atom is 0.347 e. The number of hydrogen-bond donors (Lipinski definition) is 0. The molecule has 2 fully saturated rings. The molecule has 3 rings (SSSR count). The molecule has 22 heavy (non-hydrogen) atoms. The fourth-order valence-electron chi connectivity index (χ4n) is 2.71. The predicted octanol–water partition coefficient (Wildman–Crippen LogP) is 1.67. The van der Waals surface area contributed by atoms with Crippen molar-refractivity contribution in [3.8, 4) is 0 Å². The third-order valence-corrected chi connectivity index (χ3v) is 3.86. The summed E-state index contributed by atoms with van der Waals surface area (Å²) in [6.07, 6.45) is 0.734. The van der Waals surface area contributed by atoms with Crippen LogP contribution in [0.5, 0.6) is 0 Å². The van der Waals surface area contributed by atoms with E-state index in [4.69, 9.17) is 9.47 Å². The molecule has 6 heteroatoms. The monoisotopic (exact) mass is 303 g/mol. The third kappa shape index (κ3) is 2.81. The summed E-state index contributed by atoms with van der Waals surface area (Å²) in [5, 5.41) is 0. The lowest BCUT2D eigenvalue weighted by Crippen LogP contribution is -2.24. The average Bonchev–Trinajstić information content (AvgIpc) is 3.05. The molecule has 0 radical (unpaired) electrons. The number of cyclic esters (lactones) is 1. The quantitative estimate of drug-likeness (QED) is 0.794. The zero-order valence-corrected chi connectivity index (χ0v) is 12.3. The third-order valence-electron chi connectivity index (χ3n) is 3.86. The fraction of sp³-hybridized carbons (Fsp3) is 0.438. The molecule has 2 aliphatic heterocycles. The summed E-state index contributed by atoms with van der Waals surface area (Å²) >= 11 is 0. The Morgan fingerprint density at radius 3 is 2.55 bits per heavy atom. The van der Waals surface area contributed by atoms with E-state index in [0.717, 1.165) is 12.1 Å². The standard InChI is InChI=1S/C16H17NO5/c1-10-9-13(16(20)21-10)22-15(19)11-4-6-12(7-5-11)17-8-2-3-14(17)18/h4-7,10,13H,2-3,8-9H2,1H3/t10-,13-/m1/s1. The second-order valence-corrected chi connectivity index (χ2v) is 5.57. The molecule has 6 nitrogen and oxygen atoms in total. The van der Waals surface area contributed by atoms with Gasteiger partial charge in [0.1, 0.15) is 6.10 Å². The van der Waals surface area contributed by atoms with Crippen LogP contribution in [0.2, 0.25) is 0 Å². The largest absolute Gasteiger partial charge is 0.460 e. The number of benzene rings is 1. The van der Waals surface area contributed by atoms with Crippen LogP contribution >= 0.6 is 0 Å². The van der Waals surface area contributed by atoms with Crippen molar-refractivity contribution in [3.05, 3.63) is 29.8 Å². The molecule has 0 spiro atoms. The van der Waals surface area contributed by atoms with Gasteiger partial charge in [0.15, 0.2) is 0 Å². The number of carbonyl (C=O) groups is 3. The zero-order chi connectivity index (χ0) is 15.7. The van der Waals surface area contributed by atoms with Crippen LogP contribution in [0, 0.1) is 0 Å². The molecule has 0 N–H and O–H groups in total. The molecule has 2 aliphatic rings. The van der Waals surface area contributed by atoms with Gasteiger partial charge in [-0.3, -0.25) is 4.79 Å². The van der Waals surface area contributed by atoms with Gasteiger partial charge in [-0.2, -0.15) is 0 Å². The molecule has 2 saturated heterocycles. The van der Waals surface area contributed by atoms with E-state index in [9.17, 15) is 14.4 Å². The summed E-state index contributed by atoms with van der Waals surface area (Å²) < 4.78 is 10.1. The van der Waals surface area contributed by atoms with E-state index in [-0.39, 0.29) is 12.0 Å². The van der Waals surface area contributed by atoms with Crippen LogP contribution < -0.4 is 4.90 Å². The molecule has 0 aliphatic carbocycles. The van der Waals surface area contributed by atoms with Gasteiger partial charge in [-0.1, -0.05) is 0 Å². The van der Waals surface area contributed by atoms with E-state index in [1.54, 1.807) is 36.1 Å². The van der Waals surface area contributed by atoms with Gasteiger partial charge in [-0.05, 0) is 37.6 Å². The number of rotatable bonds is 3. The highest BCUT2D eigenvalue weighted by molar-refractivity contribution is 5.96. The maximum atomic E-state index is 12.0. The Morgan fingerprint density at radius 1 is 1.27 bits per heavy atom.